The highest BCUT2D eigenvalue weighted by Gasteiger charge is 2.17. The van der Waals surface area contributed by atoms with Crippen molar-refractivity contribution in [2.75, 3.05) is 13.1 Å². The van der Waals surface area contributed by atoms with E-state index >= 15 is 0 Å². The fraction of sp³-hybridized carbons (Fsp3) is 0.250. The van der Waals surface area contributed by atoms with Gasteiger partial charge in [0.15, 0.2) is 0 Å². The van der Waals surface area contributed by atoms with Crippen LogP contribution in [0, 0.1) is 0 Å². The van der Waals surface area contributed by atoms with Crippen molar-refractivity contribution in [2.45, 2.75) is 12.8 Å². The molecule has 0 unspecified atom stereocenters. The van der Waals surface area contributed by atoms with Gasteiger partial charge >= 0.3 is 6.03 Å². The van der Waals surface area contributed by atoms with Gasteiger partial charge in [-0.3, -0.25) is 4.57 Å². The molecule has 6 heteroatoms. The number of rotatable bonds is 1. The lowest BCUT2D eigenvalue weighted by Crippen LogP contribution is -2.27. The highest BCUT2D eigenvalue weighted by atomic mass is 32.1. The fourth-order valence-electron chi connectivity index (χ4n) is 2.67. The maximum atomic E-state index is 12.2. The molecule has 112 valence electrons. The summed E-state index contributed by atoms with van der Waals surface area (Å²) in [6.45, 7) is 1.61. The molecule has 1 saturated heterocycles. The molecular formula is C16H15N3O2S. The van der Waals surface area contributed by atoms with Gasteiger partial charge in [-0.05, 0) is 18.9 Å². The Morgan fingerprint density at radius 1 is 1.23 bits per heavy atom. The van der Waals surface area contributed by atoms with E-state index in [0.29, 0.717) is 10.7 Å². The van der Waals surface area contributed by atoms with Crippen molar-refractivity contribution in [2.24, 2.45) is 4.99 Å². The van der Waals surface area contributed by atoms with Crippen LogP contribution in [-0.4, -0.2) is 28.6 Å². The number of amides is 2. The van der Waals surface area contributed by atoms with Gasteiger partial charge in [0.25, 0.3) is 0 Å². The first-order valence-corrected chi connectivity index (χ1v) is 8.18. The maximum absolute atomic E-state index is 12.2. The first-order valence-electron chi connectivity index (χ1n) is 7.30. The van der Waals surface area contributed by atoms with Gasteiger partial charge in [-0.2, -0.15) is 4.99 Å². The number of benzene rings is 1. The molecule has 3 aromatic rings. The Morgan fingerprint density at radius 3 is 2.86 bits per heavy atom. The summed E-state index contributed by atoms with van der Waals surface area (Å²) in [5.74, 6) is 0.676. The lowest BCUT2D eigenvalue weighted by Gasteiger charge is -2.10. The van der Waals surface area contributed by atoms with Gasteiger partial charge in [-0.15, -0.1) is 11.3 Å². The number of fused-ring (bicyclic) bond motifs is 1. The molecule has 2 amide bonds. The summed E-state index contributed by atoms with van der Waals surface area (Å²) >= 11 is 1.43. The summed E-state index contributed by atoms with van der Waals surface area (Å²) in [6, 6.07) is 9.64. The topological polar surface area (TPSA) is 50.7 Å². The largest absolute Gasteiger partial charge is 0.440 e. The van der Waals surface area contributed by atoms with Crippen molar-refractivity contribution in [3.63, 3.8) is 0 Å². The Hall–Kier alpha value is -2.34. The Labute approximate surface area is 131 Å². The molecule has 1 aliphatic heterocycles. The van der Waals surface area contributed by atoms with Crippen LogP contribution < -0.4 is 4.80 Å². The maximum Gasteiger partial charge on any atom is 0.346 e. The van der Waals surface area contributed by atoms with Gasteiger partial charge < -0.3 is 9.32 Å². The molecule has 1 aliphatic rings. The number of carbonyl (C=O) groups excluding carboxylic acids is 1. The summed E-state index contributed by atoms with van der Waals surface area (Å²) < 4.78 is 7.66. The Morgan fingerprint density at radius 2 is 2.05 bits per heavy atom. The van der Waals surface area contributed by atoms with Gasteiger partial charge in [0.1, 0.15) is 5.58 Å². The number of thiazole rings is 1. The van der Waals surface area contributed by atoms with E-state index in [1.807, 2.05) is 46.5 Å². The molecule has 0 spiro atoms. The van der Waals surface area contributed by atoms with Crippen molar-refractivity contribution in [3.05, 3.63) is 46.7 Å². The van der Waals surface area contributed by atoms with Crippen LogP contribution in [0.15, 0.2) is 51.3 Å². The second kappa shape index (κ2) is 5.46. The molecule has 0 saturated carbocycles. The number of nitrogens with zero attached hydrogens (tertiary/aromatic N) is 3. The van der Waals surface area contributed by atoms with E-state index in [-0.39, 0.29) is 6.03 Å². The average molecular weight is 313 g/mol. The molecule has 0 radical (unpaired) electrons. The third-order valence-electron chi connectivity index (χ3n) is 3.81. The van der Waals surface area contributed by atoms with Crippen LogP contribution >= 0.6 is 11.3 Å². The molecule has 4 rings (SSSR count). The van der Waals surface area contributed by atoms with Gasteiger partial charge in [-0.25, -0.2) is 4.79 Å². The monoisotopic (exact) mass is 313 g/mol. The van der Waals surface area contributed by atoms with E-state index in [2.05, 4.69) is 4.99 Å². The van der Waals surface area contributed by atoms with E-state index in [1.54, 1.807) is 4.90 Å². The number of urea groups is 1. The van der Waals surface area contributed by atoms with E-state index in [1.165, 1.54) is 11.3 Å². The Balaban J connectivity index is 1.74. The van der Waals surface area contributed by atoms with Crippen LogP contribution in [0.5, 0.6) is 0 Å². The predicted octanol–water partition coefficient (Wildman–Crippen LogP) is 3.40. The average Bonchev–Trinajstić information content (AvgIpc) is 3.26. The second-order valence-electron chi connectivity index (χ2n) is 5.27. The number of hydrogen-bond acceptors (Lipinski definition) is 3. The van der Waals surface area contributed by atoms with Crippen LogP contribution in [0.2, 0.25) is 0 Å². The quantitative estimate of drug-likeness (QED) is 0.691. The number of hydrogen-bond donors (Lipinski definition) is 0. The van der Waals surface area contributed by atoms with Gasteiger partial charge in [0.2, 0.25) is 10.7 Å². The number of aromatic nitrogens is 1. The smallest absolute Gasteiger partial charge is 0.346 e. The zero-order valence-electron chi connectivity index (χ0n) is 11.9. The minimum Gasteiger partial charge on any atom is -0.440 e. The number of carbonyl (C=O) groups is 1. The van der Waals surface area contributed by atoms with E-state index < -0.39 is 0 Å². The van der Waals surface area contributed by atoms with Gasteiger partial charge in [0, 0.05) is 36.1 Å². The summed E-state index contributed by atoms with van der Waals surface area (Å²) in [4.78, 5) is 18.9. The van der Waals surface area contributed by atoms with Crippen LogP contribution in [0.25, 0.3) is 16.9 Å². The van der Waals surface area contributed by atoms with E-state index in [4.69, 9.17) is 4.42 Å². The molecular weight excluding hydrogens is 298 g/mol. The lowest BCUT2D eigenvalue weighted by molar-refractivity contribution is 0.218. The predicted molar refractivity (Wildman–Crippen MR) is 85.2 cm³/mol. The molecule has 0 N–H and O–H groups in total. The molecule has 3 heterocycles. The third kappa shape index (κ3) is 2.35. The van der Waals surface area contributed by atoms with Crippen LogP contribution in [0.1, 0.15) is 12.8 Å². The Bertz CT molecular complexity index is 851. The summed E-state index contributed by atoms with van der Waals surface area (Å²) in [6.07, 6.45) is 4.00. The highest BCUT2D eigenvalue weighted by molar-refractivity contribution is 7.07. The third-order valence-corrected chi connectivity index (χ3v) is 4.56. The molecule has 1 fully saturated rings. The van der Waals surface area contributed by atoms with Crippen LogP contribution in [0.4, 0.5) is 4.79 Å². The molecule has 2 aromatic heterocycles. The van der Waals surface area contributed by atoms with Gasteiger partial charge in [-0.1, -0.05) is 18.2 Å². The number of furan rings is 1. The van der Waals surface area contributed by atoms with E-state index in [9.17, 15) is 4.79 Å². The van der Waals surface area contributed by atoms with Crippen LogP contribution in [0.3, 0.4) is 0 Å². The normalized spacial score (nSPS) is 15.8. The summed E-state index contributed by atoms with van der Waals surface area (Å²) in [7, 11) is 0. The second-order valence-corrected chi connectivity index (χ2v) is 6.14. The van der Waals surface area contributed by atoms with Crippen LogP contribution in [-0.2, 0) is 0 Å². The molecule has 1 aromatic carbocycles. The minimum atomic E-state index is -0.162. The lowest BCUT2D eigenvalue weighted by atomic mass is 10.3. The molecule has 0 atom stereocenters. The molecule has 0 bridgehead atoms. The van der Waals surface area contributed by atoms with Crippen molar-refractivity contribution in [1.29, 1.82) is 0 Å². The SMILES string of the molecule is O=C(/N=c1\sccn1-c1cc2ccccc2o1)N1CCCC1. The molecule has 22 heavy (non-hydrogen) atoms. The molecule has 5 nitrogen and oxygen atoms in total. The first kappa shape index (κ1) is 13.3. The van der Waals surface area contributed by atoms with Crippen molar-refractivity contribution < 1.29 is 9.21 Å². The fourth-order valence-corrected chi connectivity index (χ4v) is 3.37. The highest BCUT2D eigenvalue weighted by Crippen LogP contribution is 2.21. The Kier molecular flexibility index (Phi) is 3.31. The zero-order chi connectivity index (χ0) is 14.9. The number of likely N-dealkylation sites (tertiary alicyclic amines) is 1. The first-order chi connectivity index (χ1) is 10.8. The standard InChI is InChI=1S/C16H15N3O2S/c20-15(18-7-3-4-8-18)17-16-19(9-10-22-16)14-11-12-5-1-2-6-13(12)21-14/h1-2,5-6,9-11H,3-4,7-8H2/b17-16-. The summed E-state index contributed by atoms with van der Waals surface area (Å²) in [5, 5.41) is 2.94. The minimum absolute atomic E-state index is 0.162. The zero-order valence-corrected chi connectivity index (χ0v) is 12.8. The van der Waals surface area contributed by atoms with Gasteiger partial charge in [0.05, 0.1) is 0 Å². The molecule has 0 aliphatic carbocycles. The number of para-hydroxylation sites is 1. The van der Waals surface area contributed by atoms with Crippen molar-refractivity contribution in [1.82, 2.24) is 9.47 Å². The van der Waals surface area contributed by atoms with Crippen molar-refractivity contribution >= 4 is 28.3 Å². The van der Waals surface area contributed by atoms with E-state index in [0.717, 1.165) is 36.9 Å². The van der Waals surface area contributed by atoms with Crippen molar-refractivity contribution in [3.8, 4) is 5.88 Å². The summed E-state index contributed by atoms with van der Waals surface area (Å²) in [5.41, 5.74) is 0.827.